The predicted octanol–water partition coefficient (Wildman–Crippen LogP) is 2.94. The molecule has 0 bridgehead atoms. The van der Waals surface area contributed by atoms with E-state index in [0.717, 1.165) is 29.7 Å². The molecule has 2 aromatic heterocycles. The van der Waals surface area contributed by atoms with Gasteiger partial charge in [0.2, 0.25) is 5.95 Å². The number of benzene rings is 1. The van der Waals surface area contributed by atoms with E-state index >= 15 is 0 Å². The Balaban J connectivity index is 1.60. The summed E-state index contributed by atoms with van der Waals surface area (Å²) in [4.78, 5) is 11.3. The van der Waals surface area contributed by atoms with Crippen molar-refractivity contribution >= 4 is 40.0 Å². The zero-order chi connectivity index (χ0) is 17.4. The van der Waals surface area contributed by atoms with Crippen LogP contribution in [0.25, 0.3) is 10.9 Å². The summed E-state index contributed by atoms with van der Waals surface area (Å²) in [5.41, 5.74) is 1.89. The van der Waals surface area contributed by atoms with Crippen LogP contribution in [0.2, 0.25) is 5.02 Å². The number of nitrogens with one attached hydrogen (secondary N) is 3. The van der Waals surface area contributed by atoms with Gasteiger partial charge in [0.1, 0.15) is 5.02 Å². The van der Waals surface area contributed by atoms with Gasteiger partial charge in [0.15, 0.2) is 5.82 Å². The van der Waals surface area contributed by atoms with Gasteiger partial charge in [0, 0.05) is 36.2 Å². The number of halogens is 1. The van der Waals surface area contributed by atoms with E-state index in [-0.39, 0.29) is 0 Å². The first-order chi connectivity index (χ1) is 12.1. The molecule has 1 aliphatic heterocycles. The Morgan fingerprint density at radius 3 is 2.80 bits per heavy atom. The molecule has 2 unspecified atom stereocenters. The highest BCUT2D eigenvalue weighted by atomic mass is 35.5. The molecule has 1 aromatic carbocycles. The molecule has 25 heavy (non-hydrogen) atoms. The number of H-pyrrole nitrogens is 1. The van der Waals surface area contributed by atoms with Gasteiger partial charge in [-0.1, -0.05) is 11.6 Å². The van der Waals surface area contributed by atoms with E-state index in [4.69, 9.17) is 11.6 Å². The normalized spacial score (nSPS) is 20.8. The van der Waals surface area contributed by atoms with Gasteiger partial charge in [0.05, 0.1) is 17.9 Å². The number of piperazine rings is 1. The molecule has 8 heteroatoms. The van der Waals surface area contributed by atoms with Gasteiger partial charge in [-0.15, -0.1) is 0 Å². The molecule has 1 saturated heterocycles. The van der Waals surface area contributed by atoms with Crippen LogP contribution in [0.15, 0.2) is 30.6 Å². The van der Waals surface area contributed by atoms with Crippen LogP contribution >= 0.6 is 11.6 Å². The van der Waals surface area contributed by atoms with Crippen LogP contribution in [0.1, 0.15) is 13.8 Å². The maximum Gasteiger partial charge on any atom is 0.227 e. The topological polar surface area (TPSA) is 81.8 Å². The van der Waals surface area contributed by atoms with Gasteiger partial charge < -0.3 is 15.5 Å². The molecule has 0 radical (unpaired) electrons. The lowest BCUT2D eigenvalue weighted by atomic mass is 10.1. The third-order valence-corrected chi connectivity index (χ3v) is 4.55. The lowest BCUT2D eigenvalue weighted by Gasteiger charge is -2.36. The van der Waals surface area contributed by atoms with Crippen LogP contribution in [0, 0.1) is 0 Å². The maximum absolute atomic E-state index is 6.30. The second-order valence-electron chi connectivity index (χ2n) is 6.54. The molecule has 4 rings (SSSR count). The van der Waals surface area contributed by atoms with Crippen molar-refractivity contribution in [1.82, 2.24) is 25.5 Å². The van der Waals surface area contributed by atoms with E-state index in [2.05, 4.69) is 49.5 Å². The number of nitrogens with zero attached hydrogens (tertiary/aromatic N) is 4. The molecule has 2 atom stereocenters. The number of anilines is 3. The number of aromatic nitrogens is 4. The fourth-order valence-corrected chi connectivity index (χ4v) is 3.38. The van der Waals surface area contributed by atoms with Crippen molar-refractivity contribution in [3.05, 3.63) is 35.6 Å². The number of fused-ring (bicyclic) bond motifs is 1. The Morgan fingerprint density at radius 2 is 2.00 bits per heavy atom. The quantitative estimate of drug-likeness (QED) is 0.668. The van der Waals surface area contributed by atoms with Gasteiger partial charge in [-0.3, -0.25) is 5.10 Å². The van der Waals surface area contributed by atoms with Crippen LogP contribution < -0.4 is 15.5 Å². The highest BCUT2D eigenvalue weighted by molar-refractivity contribution is 6.32. The van der Waals surface area contributed by atoms with E-state index in [1.54, 1.807) is 12.4 Å². The number of hydrogen-bond acceptors (Lipinski definition) is 6. The van der Waals surface area contributed by atoms with Gasteiger partial charge in [-0.25, -0.2) is 4.98 Å². The van der Waals surface area contributed by atoms with Gasteiger partial charge in [-0.2, -0.15) is 10.1 Å². The molecular weight excluding hydrogens is 338 g/mol. The number of rotatable bonds is 3. The van der Waals surface area contributed by atoms with Gasteiger partial charge >= 0.3 is 0 Å². The van der Waals surface area contributed by atoms with E-state index in [9.17, 15) is 0 Å². The summed E-state index contributed by atoms with van der Waals surface area (Å²) in [6.45, 7) is 6.06. The fourth-order valence-electron chi connectivity index (χ4n) is 3.25. The Kier molecular flexibility index (Phi) is 4.19. The van der Waals surface area contributed by atoms with Crippen molar-refractivity contribution in [3.63, 3.8) is 0 Å². The Morgan fingerprint density at radius 1 is 1.20 bits per heavy atom. The van der Waals surface area contributed by atoms with Gasteiger partial charge in [-0.05, 0) is 32.0 Å². The van der Waals surface area contributed by atoms with Crippen LogP contribution in [-0.2, 0) is 0 Å². The second kappa shape index (κ2) is 6.50. The summed E-state index contributed by atoms with van der Waals surface area (Å²) in [6, 6.07) is 6.73. The zero-order valence-corrected chi connectivity index (χ0v) is 14.9. The molecule has 0 aliphatic carbocycles. The van der Waals surface area contributed by atoms with Crippen molar-refractivity contribution < 1.29 is 0 Å². The van der Waals surface area contributed by atoms with Crippen molar-refractivity contribution in [2.75, 3.05) is 23.3 Å². The molecule has 1 aliphatic rings. The van der Waals surface area contributed by atoms with E-state index < -0.39 is 0 Å². The fraction of sp³-hybridized carbons (Fsp3) is 0.353. The second-order valence-corrected chi connectivity index (χ2v) is 6.94. The summed E-state index contributed by atoms with van der Waals surface area (Å²) < 4.78 is 0. The molecule has 7 nitrogen and oxygen atoms in total. The third-order valence-electron chi connectivity index (χ3n) is 4.27. The van der Waals surface area contributed by atoms with Crippen LogP contribution in [0.3, 0.4) is 0 Å². The van der Waals surface area contributed by atoms with Crippen molar-refractivity contribution in [3.8, 4) is 0 Å². The molecule has 3 aromatic rings. The highest BCUT2D eigenvalue weighted by Gasteiger charge is 2.23. The van der Waals surface area contributed by atoms with E-state index in [1.807, 2.05) is 18.2 Å². The molecule has 3 heterocycles. The number of aromatic amines is 1. The molecule has 0 spiro atoms. The summed E-state index contributed by atoms with van der Waals surface area (Å²) in [6.07, 6.45) is 3.44. The summed E-state index contributed by atoms with van der Waals surface area (Å²) in [5.74, 6) is 1.30. The first kappa shape index (κ1) is 16.1. The molecule has 0 saturated carbocycles. The first-order valence-electron chi connectivity index (χ1n) is 8.32. The zero-order valence-electron chi connectivity index (χ0n) is 14.1. The minimum Gasteiger partial charge on any atom is -0.339 e. The summed E-state index contributed by atoms with van der Waals surface area (Å²) >= 11 is 6.30. The minimum absolute atomic E-state index is 0.392. The standard InChI is InChI=1S/C17H20ClN7/c1-10-8-25(9-11(2)21-10)17-19-7-14(18)16(23-17)22-13-3-4-15-12(5-13)6-20-24-15/h3-7,10-11,21H,8-9H2,1-2H3,(H,20,24)(H,19,22,23). The molecule has 130 valence electrons. The van der Waals surface area contributed by atoms with Crippen LogP contribution in [0.5, 0.6) is 0 Å². The lowest BCUT2D eigenvalue weighted by molar-refractivity contribution is 0.403. The Bertz CT molecular complexity index is 884. The minimum atomic E-state index is 0.392. The Hall–Kier alpha value is -2.38. The first-order valence-corrected chi connectivity index (χ1v) is 8.70. The van der Waals surface area contributed by atoms with E-state index in [1.165, 1.54) is 0 Å². The Labute approximate surface area is 150 Å². The monoisotopic (exact) mass is 357 g/mol. The van der Waals surface area contributed by atoms with Crippen molar-refractivity contribution in [2.45, 2.75) is 25.9 Å². The van der Waals surface area contributed by atoms with E-state index in [0.29, 0.717) is 28.9 Å². The predicted molar refractivity (Wildman–Crippen MR) is 101 cm³/mol. The smallest absolute Gasteiger partial charge is 0.227 e. The lowest BCUT2D eigenvalue weighted by Crippen LogP contribution is -2.54. The van der Waals surface area contributed by atoms with Crippen LogP contribution in [-0.4, -0.2) is 45.3 Å². The van der Waals surface area contributed by atoms with Crippen molar-refractivity contribution in [2.24, 2.45) is 0 Å². The third kappa shape index (κ3) is 3.38. The van der Waals surface area contributed by atoms with Crippen LogP contribution in [0.4, 0.5) is 17.5 Å². The highest BCUT2D eigenvalue weighted by Crippen LogP contribution is 2.27. The molecular formula is C17H20ClN7. The molecule has 1 fully saturated rings. The molecule has 3 N–H and O–H groups in total. The number of hydrogen-bond donors (Lipinski definition) is 3. The van der Waals surface area contributed by atoms with Crippen molar-refractivity contribution in [1.29, 1.82) is 0 Å². The summed E-state index contributed by atoms with van der Waals surface area (Å²) in [7, 11) is 0. The maximum atomic E-state index is 6.30. The summed E-state index contributed by atoms with van der Waals surface area (Å²) in [5, 5.41) is 15.3. The molecule has 0 amide bonds. The van der Waals surface area contributed by atoms with Gasteiger partial charge in [0.25, 0.3) is 0 Å². The SMILES string of the molecule is CC1CN(c2ncc(Cl)c(Nc3ccc4[nH]ncc4c3)n2)CC(C)N1. The average molecular weight is 358 g/mol. The average Bonchev–Trinajstić information content (AvgIpc) is 3.03. The largest absolute Gasteiger partial charge is 0.339 e.